The highest BCUT2D eigenvalue weighted by atomic mass is 16.6. The van der Waals surface area contributed by atoms with E-state index in [0.717, 1.165) is 31.0 Å². The first-order valence-corrected chi connectivity index (χ1v) is 13.7. The molecule has 0 amide bonds. The third kappa shape index (κ3) is 5.49. The Morgan fingerprint density at radius 2 is 1.76 bits per heavy atom. The fourth-order valence-electron chi connectivity index (χ4n) is 6.00. The molecule has 0 radical (unpaired) electrons. The molecule has 3 heterocycles. The first-order chi connectivity index (χ1) is 20.1. The van der Waals surface area contributed by atoms with E-state index >= 15 is 0 Å². The number of aliphatic carboxylic acids is 1. The zero-order chi connectivity index (χ0) is 30.2. The van der Waals surface area contributed by atoms with Crippen LogP contribution in [-0.4, -0.2) is 106 Å². The average molecular weight is 586 g/mol. The van der Waals surface area contributed by atoms with Gasteiger partial charge in [-0.2, -0.15) is 0 Å². The molecule has 0 saturated carbocycles. The van der Waals surface area contributed by atoms with E-state index in [4.69, 9.17) is 39.7 Å². The number of aliphatic hydroxyl groups excluding tert-OH is 4. The van der Waals surface area contributed by atoms with Crippen LogP contribution >= 0.6 is 0 Å². The Labute approximate surface area is 242 Å². The second-order valence-electron chi connectivity index (χ2n) is 10.9. The summed E-state index contributed by atoms with van der Waals surface area (Å²) in [6.07, 6.45) is -3.23. The highest BCUT2D eigenvalue weighted by Crippen LogP contribution is 2.55. The van der Waals surface area contributed by atoms with Crippen molar-refractivity contribution in [1.29, 1.82) is 0 Å². The Kier molecular flexibility index (Phi) is 8.56. The van der Waals surface area contributed by atoms with Gasteiger partial charge in [-0.25, -0.2) is 9.59 Å². The fraction of sp³-hybridized carbons (Fsp3) is 0.467. The van der Waals surface area contributed by atoms with Crippen molar-refractivity contribution in [3.8, 4) is 11.5 Å². The van der Waals surface area contributed by atoms with Gasteiger partial charge in [0.05, 0.1) is 18.1 Å². The number of benzene rings is 2. The van der Waals surface area contributed by atoms with E-state index in [1.54, 1.807) is 19.2 Å². The SMILES string of the molecule is COc1ccc2c3c1OC1CC(OC(=O)c4ccccc4)C=CC31CCN(C)C2.O=C(O)C1OC(O)C(O)C(O)C1O. The number of nitrogens with zero attached hydrogens (tertiary/aromatic N) is 1. The number of aliphatic hydroxyl groups is 4. The van der Waals surface area contributed by atoms with Crippen molar-refractivity contribution < 1.29 is 54.1 Å². The van der Waals surface area contributed by atoms with Gasteiger partial charge in [0.1, 0.15) is 30.5 Å². The van der Waals surface area contributed by atoms with E-state index < -0.39 is 36.7 Å². The highest BCUT2D eigenvalue weighted by Gasteiger charge is 2.53. The molecule has 1 aliphatic carbocycles. The van der Waals surface area contributed by atoms with Crippen molar-refractivity contribution in [1.82, 2.24) is 4.90 Å². The Morgan fingerprint density at radius 3 is 2.45 bits per heavy atom. The lowest BCUT2D eigenvalue weighted by Crippen LogP contribution is -2.59. The van der Waals surface area contributed by atoms with Crippen molar-refractivity contribution in [2.75, 3.05) is 20.7 Å². The molecule has 1 fully saturated rings. The normalized spacial score (nSPS) is 33.1. The number of carboxylic acid groups (broad SMARTS) is 1. The van der Waals surface area contributed by atoms with Crippen LogP contribution in [0.1, 0.15) is 34.3 Å². The number of rotatable bonds is 4. The molecule has 4 aliphatic rings. The molecule has 0 bridgehead atoms. The van der Waals surface area contributed by atoms with Crippen LogP contribution in [-0.2, 0) is 26.2 Å². The molecule has 1 spiro atoms. The Hall–Kier alpha value is -3.52. The van der Waals surface area contributed by atoms with Gasteiger partial charge in [-0.3, -0.25) is 0 Å². The standard InChI is InChI=1S/C24H25NO4.C6H10O7/c1-25-13-12-24-11-10-18(28-23(26)16-6-4-3-5-7-16)14-20(24)29-22-19(27-2)9-8-17(15-25)21(22)24;7-1-2(8)4(5(10)11)13-6(12)3(1)9/h3-11,18,20H,12-15H2,1-2H3;1-4,6-9,12H,(H,10,11). The molecule has 226 valence electrons. The van der Waals surface area contributed by atoms with Crippen molar-refractivity contribution in [2.45, 2.75) is 67.7 Å². The minimum Gasteiger partial charge on any atom is -0.493 e. The summed E-state index contributed by atoms with van der Waals surface area (Å²) in [5, 5.41) is 44.4. The Morgan fingerprint density at radius 1 is 1.02 bits per heavy atom. The van der Waals surface area contributed by atoms with Crippen molar-refractivity contribution in [3.63, 3.8) is 0 Å². The first kappa shape index (κ1) is 30.0. The predicted molar refractivity (Wildman–Crippen MR) is 146 cm³/mol. The number of carbonyl (C=O) groups is 2. The van der Waals surface area contributed by atoms with E-state index in [0.29, 0.717) is 12.0 Å². The number of methoxy groups -OCH3 is 1. The summed E-state index contributed by atoms with van der Waals surface area (Å²) in [6.45, 7) is 1.87. The van der Waals surface area contributed by atoms with Crippen LogP contribution in [0.5, 0.6) is 11.5 Å². The van der Waals surface area contributed by atoms with Crippen LogP contribution in [0.2, 0.25) is 0 Å². The van der Waals surface area contributed by atoms with Crippen LogP contribution in [0, 0.1) is 0 Å². The molecule has 6 rings (SSSR count). The second kappa shape index (κ2) is 12.0. The molecule has 0 aromatic heterocycles. The summed E-state index contributed by atoms with van der Waals surface area (Å²) in [5.74, 6) is -0.193. The molecular formula is C30H35NO11. The smallest absolute Gasteiger partial charge is 0.338 e. The van der Waals surface area contributed by atoms with Gasteiger partial charge in [-0.15, -0.1) is 0 Å². The first-order valence-electron chi connectivity index (χ1n) is 13.7. The van der Waals surface area contributed by atoms with Gasteiger partial charge >= 0.3 is 11.9 Å². The molecule has 3 aliphatic heterocycles. The lowest BCUT2D eigenvalue weighted by atomic mass is 9.69. The van der Waals surface area contributed by atoms with Crippen molar-refractivity contribution in [3.05, 3.63) is 71.3 Å². The van der Waals surface area contributed by atoms with Gasteiger partial charge in [-0.1, -0.05) is 30.3 Å². The number of hydrogen-bond donors (Lipinski definition) is 5. The minimum atomic E-state index is -1.81. The molecule has 2 aromatic carbocycles. The molecule has 12 nitrogen and oxygen atoms in total. The van der Waals surface area contributed by atoms with E-state index in [9.17, 15) is 9.59 Å². The zero-order valence-corrected chi connectivity index (χ0v) is 23.2. The number of ether oxygens (including phenoxy) is 4. The summed E-state index contributed by atoms with van der Waals surface area (Å²) in [6, 6.07) is 13.3. The van der Waals surface area contributed by atoms with Gasteiger partial charge in [0.15, 0.2) is 23.9 Å². The molecule has 8 unspecified atom stereocenters. The number of hydrogen-bond acceptors (Lipinski definition) is 11. The quantitative estimate of drug-likeness (QED) is 0.250. The monoisotopic (exact) mass is 585 g/mol. The average Bonchev–Trinajstić information content (AvgIpc) is 3.25. The number of carboxylic acids is 1. The van der Waals surface area contributed by atoms with Gasteiger partial charge < -0.3 is 49.4 Å². The Balaban J connectivity index is 0.000000229. The lowest BCUT2D eigenvalue weighted by Gasteiger charge is -2.36. The maximum Gasteiger partial charge on any atom is 0.338 e. The zero-order valence-electron chi connectivity index (χ0n) is 23.2. The maximum atomic E-state index is 12.5. The summed E-state index contributed by atoms with van der Waals surface area (Å²) < 4.78 is 22.2. The third-order valence-corrected chi connectivity index (χ3v) is 8.23. The summed E-state index contributed by atoms with van der Waals surface area (Å²) >= 11 is 0. The third-order valence-electron chi connectivity index (χ3n) is 8.23. The summed E-state index contributed by atoms with van der Waals surface area (Å²) in [5.41, 5.74) is 2.90. The largest absolute Gasteiger partial charge is 0.493 e. The van der Waals surface area contributed by atoms with Crippen molar-refractivity contribution in [2.24, 2.45) is 0 Å². The van der Waals surface area contributed by atoms with Crippen LogP contribution in [0.3, 0.4) is 0 Å². The number of esters is 1. The van der Waals surface area contributed by atoms with Crippen LogP contribution < -0.4 is 9.47 Å². The van der Waals surface area contributed by atoms with Gasteiger partial charge in [0.2, 0.25) is 0 Å². The van der Waals surface area contributed by atoms with Crippen molar-refractivity contribution >= 4 is 11.9 Å². The molecule has 1 saturated heterocycles. The highest BCUT2D eigenvalue weighted by molar-refractivity contribution is 5.89. The summed E-state index contributed by atoms with van der Waals surface area (Å²) in [4.78, 5) is 25.2. The maximum absolute atomic E-state index is 12.5. The minimum absolute atomic E-state index is 0.0716. The molecule has 42 heavy (non-hydrogen) atoms. The molecule has 5 N–H and O–H groups in total. The van der Waals surface area contributed by atoms with Gasteiger partial charge in [-0.05, 0) is 49.9 Å². The van der Waals surface area contributed by atoms with E-state index in [1.807, 2.05) is 30.3 Å². The number of carbonyl (C=O) groups excluding carboxylic acids is 1. The Bertz CT molecular complexity index is 1330. The lowest BCUT2D eigenvalue weighted by molar-refractivity contribution is -0.279. The van der Waals surface area contributed by atoms with Gasteiger partial charge in [0, 0.05) is 18.5 Å². The summed E-state index contributed by atoms with van der Waals surface area (Å²) in [7, 11) is 3.83. The van der Waals surface area contributed by atoms with E-state index in [1.165, 1.54) is 11.1 Å². The predicted octanol–water partition coefficient (Wildman–Crippen LogP) is 0.586. The van der Waals surface area contributed by atoms with E-state index in [2.05, 4.69) is 28.8 Å². The molecule has 2 aromatic rings. The molecular weight excluding hydrogens is 550 g/mol. The second-order valence-corrected chi connectivity index (χ2v) is 10.9. The van der Waals surface area contributed by atoms with Crippen LogP contribution in [0.25, 0.3) is 0 Å². The van der Waals surface area contributed by atoms with Gasteiger partial charge in [0.25, 0.3) is 0 Å². The van der Waals surface area contributed by atoms with E-state index in [-0.39, 0.29) is 23.6 Å². The van der Waals surface area contributed by atoms with Crippen LogP contribution in [0.15, 0.2) is 54.6 Å². The molecule has 12 heteroatoms. The van der Waals surface area contributed by atoms with Crippen LogP contribution in [0.4, 0.5) is 0 Å². The topological polar surface area (TPSA) is 175 Å². The fourth-order valence-corrected chi connectivity index (χ4v) is 6.00. The molecule has 8 atom stereocenters.